The molecule has 1 aliphatic rings. The van der Waals surface area contributed by atoms with Crippen LogP contribution in [0, 0.1) is 0 Å². The molecular formula is C14H18Cl2N2OS. The second-order valence-corrected chi connectivity index (χ2v) is 8.10. The molecule has 1 aliphatic heterocycles. The molecule has 20 heavy (non-hydrogen) atoms. The number of hydrogen-bond acceptors (Lipinski definition) is 3. The Kier molecular flexibility index (Phi) is 4.77. The monoisotopic (exact) mass is 332 g/mol. The van der Waals surface area contributed by atoms with Crippen LogP contribution in [0.4, 0.5) is 5.69 Å². The number of nitrogen functional groups attached to an aromatic ring is 1. The summed E-state index contributed by atoms with van der Waals surface area (Å²) in [5, 5.41) is 0.621. The smallest absolute Gasteiger partial charge is 0.254 e. The highest BCUT2D eigenvalue weighted by Crippen LogP contribution is 2.32. The number of halogens is 2. The van der Waals surface area contributed by atoms with Crippen LogP contribution in [-0.4, -0.2) is 34.4 Å². The van der Waals surface area contributed by atoms with Gasteiger partial charge in [-0.15, -0.1) is 0 Å². The minimum atomic E-state index is -0.0337. The molecule has 1 fully saturated rings. The largest absolute Gasteiger partial charge is 0.397 e. The van der Waals surface area contributed by atoms with E-state index in [4.69, 9.17) is 28.9 Å². The van der Waals surface area contributed by atoms with Crippen LogP contribution in [0.1, 0.15) is 30.6 Å². The first-order chi connectivity index (χ1) is 9.30. The van der Waals surface area contributed by atoms with E-state index in [-0.39, 0.29) is 10.7 Å². The Morgan fingerprint density at radius 3 is 2.70 bits per heavy atom. The predicted molar refractivity (Wildman–Crippen MR) is 87.9 cm³/mol. The van der Waals surface area contributed by atoms with Gasteiger partial charge in [0.15, 0.2) is 0 Å². The van der Waals surface area contributed by atoms with Gasteiger partial charge in [0.05, 0.1) is 15.7 Å². The standard InChI is InChI=1S/C14H18Cl2N2OS/c1-14(2)3-4-18(5-6-20-14)13(19)9-7-10(15)12(16)11(17)8-9/h7-8H,3-6,17H2,1-2H3. The Labute approximate surface area is 133 Å². The number of carbonyl (C=O) groups excluding carboxylic acids is 1. The quantitative estimate of drug-likeness (QED) is 0.792. The zero-order valence-corrected chi connectivity index (χ0v) is 13.9. The summed E-state index contributed by atoms with van der Waals surface area (Å²) in [5.41, 5.74) is 6.61. The van der Waals surface area contributed by atoms with Crippen molar-refractivity contribution in [3.05, 3.63) is 27.7 Å². The molecule has 1 amide bonds. The zero-order chi connectivity index (χ0) is 14.9. The first-order valence-corrected chi connectivity index (χ1v) is 8.22. The van der Waals surface area contributed by atoms with Gasteiger partial charge in [-0.25, -0.2) is 0 Å². The van der Waals surface area contributed by atoms with Gasteiger partial charge in [0.25, 0.3) is 5.91 Å². The average Bonchev–Trinajstić information content (AvgIpc) is 2.55. The Morgan fingerprint density at radius 2 is 2.05 bits per heavy atom. The van der Waals surface area contributed by atoms with Crippen molar-refractivity contribution in [2.45, 2.75) is 25.0 Å². The van der Waals surface area contributed by atoms with E-state index in [0.717, 1.165) is 25.3 Å². The first kappa shape index (κ1) is 15.8. The van der Waals surface area contributed by atoms with Crippen LogP contribution in [0.25, 0.3) is 0 Å². The molecule has 0 saturated carbocycles. The molecule has 6 heteroatoms. The van der Waals surface area contributed by atoms with Gasteiger partial charge in [0.2, 0.25) is 0 Å². The van der Waals surface area contributed by atoms with Crippen molar-refractivity contribution in [1.82, 2.24) is 4.90 Å². The topological polar surface area (TPSA) is 46.3 Å². The number of benzene rings is 1. The molecule has 0 unspecified atom stereocenters. The number of thioether (sulfide) groups is 1. The second kappa shape index (κ2) is 6.04. The van der Waals surface area contributed by atoms with E-state index in [2.05, 4.69) is 13.8 Å². The number of nitrogens with zero attached hydrogens (tertiary/aromatic N) is 1. The Hall–Kier alpha value is -0.580. The molecule has 2 N–H and O–H groups in total. The van der Waals surface area contributed by atoms with Gasteiger partial charge < -0.3 is 10.6 Å². The van der Waals surface area contributed by atoms with E-state index in [0.29, 0.717) is 21.3 Å². The molecule has 1 saturated heterocycles. The summed E-state index contributed by atoms with van der Waals surface area (Å²) < 4.78 is 0.214. The molecular weight excluding hydrogens is 315 g/mol. The molecule has 1 aromatic carbocycles. The zero-order valence-electron chi connectivity index (χ0n) is 11.6. The van der Waals surface area contributed by atoms with E-state index < -0.39 is 0 Å². The fraction of sp³-hybridized carbons (Fsp3) is 0.500. The second-order valence-electron chi connectivity index (χ2n) is 5.51. The lowest BCUT2D eigenvalue weighted by Gasteiger charge is -2.23. The van der Waals surface area contributed by atoms with Gasteiger partial charge in [-0.1, -0.05) is 37.0 Å². The molecule has 0 bridgehead atoms. The van der Waals surface area contributed by atoms with Gasteiger partial charge in [-0.05, 0) is 18.6 Å². The van der Waals surface area contributed by atoms with Gasteiger partial charge in [0.1, 0.15) is 0 Å². The normalized spacial score (nSPS) is 18.7. The fourth-order valence-electron chi connectivity index (χ4n) is 2.14. The SMILES string of the molecule is CC1(C)CCN(C(=O)c2cc(N)c(Cl)c(Cl)c2)CCS1. The number of carbonyl (C=O) groups is 1. The highest BCUT2D eigenvalue weighted by atomic mass is 35.5. The van der Waals surface area contributed by atoms with Crippen LogP contribution in [-0.2, 0) is 0 Å². The van der Waals surface area contributed by atoms with Gasteiger partial charge >= 0.3 is 0 Å². The number of hydrogen-bond donors (Lipinski definition) is 1. The van der Waals surface area contributed by atoms with Crippen LogP contribution >= 0.6 is 35.0 Å². The van der Waals surface area contributed by atoms with Gasteiger partial charge in [0, 0.05) is 29.2 Å². The van der Waals surface area contributed by atoms with E-state index in [1.54, 1.807) is 12.1 Å². The van der Waals surface area contributed by atoms with Crippen LogP contribution in [0.3, 0.4) is 0 Å². The number of amides is 1. The minimum absolute atomic E-state index is 0.0337. The summed E-state index contributed by atoms with van der Waals surface area (Å²) in [6.07, 6.45) is 0.972. The van der Waals surface area contributed by atoms with E-state index in [9.17, 15) is 4.79 Å². The van der Waals surface area contributed by atoms with Crippen LogP contribution in [0.15, 0.2) is 12.1 Å². The van der Waals surface area contributed by atoms with Crippen molar-refractivity contribution in [3.63, 3.8) is 0 Å². The fourth-order valence-corrected chi connectivity index (χ4v) is 3.58. The molecule has 0 atom stereocenters. The van der Waals surface area contributed by atoms with Gasteiger partial charge in [-0.3, -0.25) is 4.79 Å². The average molecular weight is 333 g/mol. The Morgan fingerprint density at radius 1 is 1.35 bits per heavy atom. The maximum atomic E-state index is 12.5. The molecule has 0 radical (unpaired) electrons. The number of rotatable bonds is 1. The summed E-state index contributed by atoms with van der Waals surface area (Å²) in [6.45, 7) is 5.91. The number of anilines is 1. The van der Waals surface area contributed by atoms with Crippen molar-refractivity contribution in [3.8, 4) is 0 Å². The molecule has 0 aliphatic carbocycles. The summed E-state index contributed by atoms with van der Waals surface area (Å²) >= 11 is 13.8. The lowest BCUT2D eigenvalue weighted by atomic mass is 10.1. The molecule has 1 heterocycles. The van der Waals surface area contributed by atoms with Crippen molar-refractivity contribution in [2.24, 2.45) is 0 Å². The predicted octanol–water partition coefficient (Wildman–Crippen LogP) is 3.93. The highest BCUT2D eigenvalue weighted by Gasteiger charge is 2.26. The maximum Gasteiger partial charge on any atom is 0.254 e. The van der Waals surface area contributed by atoms with Crippen LogP contribution in [0.5, 0.6) is 0 Å². The van der Waals surface area contributed by atoms with Crippen molar-refractivity contribution in [1.29, 1.82) is 0 Å². The summed E-state index contributed by atoms with van der Waals surface area (Å²) in [5.74, 6) is 0.906. The van der Waals surface area contributed by atoms with Crippen LogP contribution < -0.4 is 5.73 Å². The van der Waals surface area contributed by atoms with Crippen LogP contribution in [0.2, 0.25) is 10.0 Å². The Balaban J connectivity index is 2.19. The molecule has 3 nitrogen and oxygen atoms in total. The Bertz CT molecular complexity index is 511. The minimum Gasteiger partial charge on any atom is -0.397 e. The summed E-state index contributed by atoms with van der Waals surface area (Å²) in [6, 6.07) is 3.19. The summed E-state index contributed by atoms with van der Waals surface area (Å²) in [4.78, 5) is 14.4. The first-order valence-electron chi connectivity index (χ1n) is 6.48. The molecule has 0 spiro atoms. The summed E-state index contributed by atoms with van der Waals surface area (Å²) in [7, 11) is 0. The van der Waals surface area contributed by atoms with E-state index >= 15 is 0 Å². The third-order valence-corrected chi connectivity index (χ3v) is 5.62. The molecule has 110 valence electrons. The van der Waals surface area contributed by atoms with Crippen molar-refractivity contribution in [2.75, 3.05) is 24.6 Å². The molecule has 2 rings (SSSR count). The van der Waals surface area contributed by atoms with E-state index in [1.165, 1.54) is 0 Å². The highest BCUT2D eigenvalue weighted by molar-refractivity contribution is 8.00. The van der Waals surface area contributed by atoms with E-state index in [1.807, 2.05) is 16.7 Å². The van der Waals surface area contributed by atoms with Crippen molar-refractivity contribution >= 4 is 46.6 Å². The van der Waals surface area contributed by atoms with Crippen molar-refractivity contribution < 1.29 is 4.79 Å². The maximum absolute atomic E-state index is 12.5. The van der Waals surface area contributed by atoms with Gasteiger partial charge in [-0.2, -0.15) is 11.8 Å². The lowest BCUT2D eigenvalue weighted by Crippen LogP contribution is -2.33. The molecule has 1 aromatic rings. The number of nitrogens with two attached hydrogens (primary N) is 1. The third-order valence-electron chi connectivity index (χ3n) is 3.43. The third kappa shape index (κ3) is 3.54. The lowest BCUT2D eigenvalue weighted by molar-refractivity contribution is 0.0764. The molecule has 0 aromatic heterocycles.